The van der Waals surface area contributed by atoms with Gasteiger partial charge in [-0.25, -0.2) is 0 Å². The van der Waals surface area contributed by atoms with Crippen LogP contribution in [0.1, 0.15) is 22.5 Å². The van der Waals surface area contributed by atoms with Crippen molar-refractivity contribution in [2.75, 3.05) is 43.2 Å². The highest BCUT2D eigenvalue weighted by Gasteiger charge is 2.15. The Balaban J connectivity index is 1.47. The van der Waals surface area contributed by atoms with Crippen LogP contribution in [0.3, 0.4) is 0 Å². The van der Waals surface area contributed by atoms with Crippen LogP contribution in [0, 0.1) is 13.8 Å². The maximum Gasteiger partial charge on any atom is 0.318 e. The fourth-order valence-electron chi connectivity index (χ4n) is 3.29. The van der Waals surface area contributed by atoms with Crippen molar-refractivity contribution in [2.24, 2.45) is 5.10 Å². The highest BCUT2D eigenvalue weighted by molar-refractivity contribution is 5.79. The summed E-state index contributed by atoms with van der Waals surface area (Å²) < 4.78 is 11.3. The number of ether oxygens (including phenoxy) is 2. The molecule has 3 heterocycles. The number of hydrogen-bond donors (Lipinski definition) is 1. The Kier molecular flexibility index (Phi) is 7.24. The average Bonchev–Trinajstić information content (AvgIpc) is 2.83. The molecule has 0 spiro atoms. The van der Waals surface area contributed by atoms with Gasteiger partial charge in [-0.2, -0.15) is 15.1 Å². The zero-order valence-electron chi connectivity index (χ0n) is 18.5. The minimum Gasteiger partial charge on any atom is -0.463 e. The zero-order chi connectivity index (χ0) is 22.2. The number of benzene rings is 1. The summed E-state index contributed by atoms with van der Waals surface area (Å²) in [5.41, 5.74) is 8.10. The van der Waals surface area contributed by atoms with Gasteiger partial charge in [0.05, 0.1) is 37.4 Å². The molecule has 0 atom stereocenters. The molecule has 1 aliphatic rings. The van der Waals surface area contributed by atoms with Crippen molar-refractivity contribution in [2.45, 2.75) is 20.3 Å². The summed E-state index contributed by atoms with van der Waals surface area (Å²) in [5, 5.41) is 4.36. The first-order valence-corrected chi connectivity index (χ1v) is 10.8. The molecule has 1 N–H and O–H groups in total. The van der Waals surface area contributed by atoms with Crippen molar-refractivity contribution in [3.63, 3.8) is 0 Å². The van der Waals surface area contributed by atoms with E-state index in [1.807, 2.05) is 30.3 Å². The first-order valence-electron chi connectivity index (χ1n) is 10.8. The number of pyridine rings is 1. The van der Waals surface area contributed by atoms with Gasteiger partial charge >= 0.3 is 6.01 Å². The first-order chi connectivity index (χ1) is 15.7. The maximum atomic E-state index is 5.87. The topological polar surface area (TPSA) is 84.8 Å². The molecule has 0 saturated carbocycles. The molecule has 0 radical (unpaired) electrons. The third-order valence-electron chi connectivity index (χ3n) is 5.26. The van der Waals surface area contributed by atoms with Gasteiger partial charge in [-0.1, -0.05) is 12.1 Å². The normalized spacial score (nSPS) is 14.0. The number of aromatic nitrogens is 3. The Bertz CT molecular complexity index is 1050. The van der Waals surface area contributed by atoms with Crippen molar-refractivity contribution < 1.29 is 9.47 Å². The smallest absolute Gasteiger partial charge is 0.318 e. The van der Waals surface area contributed by atoms with E-state index in [2.05, 4.69) is 56.4 Å². The van der Waals surface area contributed by atoms with Crippen LogP contribution in [0.5, 0.6) is 6.01 Å². The summed E-state index contributed by atoms with van der Waals surface area (Å²) in [6.07, 6.45) is 4.15. The Hall–Kier alpha value is -3.52. The molecular formula is C24H28N6O2. The number of morpholine rings is 1. The number of aryl methyl sites for hydroxylation is 2. The van der Waals surface area contributed by atoms with Crippen LogP contribution < -0.4 is 15.1 Å². The molecule has 0 unspecified atom stereocenters. The van der Waals surface area contributed by atoms with Crippen LogP contribution in [-0.2, 0) is 11.2 Å². The summed E-state index contributed by atoms with van der Waals surface area (Å²) in [5.74, 6) is 0.809. The zero-order valence-corrected chi connectivity index (χ0v) is 18.5. The minimum atomic E-state index is 0.331. The Labute approximate surface area is 188 Å². The van der Waals surface area contributed by atoms with Crippen LogP contribution in [0.15, 0.2) is 53.8 Å². The highest BCUT2D eigenvalue weighted by Crippen LogP contribution is 2.18. The Morgan fingerprint density at radius 2 is 1.97 bits per heavy atom. The first kappa shape index (κ1) is 21.7. The van der Waals surface area contributed by atoms with E-state index in [-0.39, 0.29) is 0 Å². The standard InChI is InChI=1S/C24H28N6O2/c1-18-6-7-21(15-19(18)2)29-26-17-22-16-23(30-10-13-31-14-11-30)28-24(27-22)32-12-8-20-5-3-4-9-25-20/h3-7,9,15-17,29H,8,10-14H2,1-2H3/b26-17+. The van der Waals surface area contributed by atoms with Crippen molar-refractivity contribution in [1.29, 1.82) is 0 Å². The molecule has 1 saturated heterocycles. The lowest BCUT2D eigenvalue weighted by atomic mass is 10.1. The summed E-state index contributed by atoms with van der Waals surface area (Å²) >= 11 is 0. The van der Waals surface area contributed by atoms with Crippen molar-refractivity contribution in [3.05, 3.63) is 71.2 Å². The van der Waals surface area contributed by atoms with E-state index in [1.165, 1.54) is 11.1 Å². The van der Waals surface area contributed by atoms with Crippen molar-refractivity contribution in [1.82, 2.24) is 15.0 Å². The molecule has 1 aliphatic heterocycles. The van der Waals surface area contributed by atoms with E-state index in [4.69, 9.17) is 9.47 Å². The molecule has 8 heteroatoms. The quantitative estimate of drug-likeness (QED) is 0.431. The fraction of sp³-hybridized carbons (Fsp3) is 0.333. The lowest BCUT2D eigenvalue weighted by Gasteiger charge is -2.28. The molecule has 1 aromatic carbocycles. The lowest BCUT2D eigenvalue weighted by Crippen LogP contribution is -2.37. The SMILES string of the molecule is Cc1ccc(N/N=C/c2cc(N3CCOCC3)nc(OCCc3ccccn3)n2)cc1C. The van der Waals surface area contributed by atoms with Crippen molar-refractivity contribution >= 4 is 17.7 Å². The number of rotatable bonds is 8. The highest BCUT2D eigenvalue weighted by atomic mass is 16.5. The van der Waals surface area contributed by atoms with Crippen LogP contribution in [-0.4, -0.2) is 54.1 Å². The van der Waals surface area contributed by atoms with Gasteiger partial charge in [0.2, 0.25) is 0 Å². The van der Waals surface area contributed by atoms with Gasteiger partial charge in [0.1, 0.15) is 5.82 Å². The molecule has 2 aromatic heterocycles. The lowest BCUT2D eigenvalue weighted by molar-refractivity contribution is 0.122. The average molecular weight is 433 g/mol. The largest absolute Gasteiger partial charge is 0.463 e. The number of nitrogens with one attached hydrogen (secondary N) is 1. The van der Waals surface area contributed by atoms with E-state index in [1.54, 1.807) is 12.4 Å². The molecule has 1 fully saturated rings. The van der Waals surface area contributed by atoms with Gasteiger partial charge in [0.25, 0.3) is 0 Å². The molecule has 4 rings (SSSR count). The van der Waals surface area contributed by atoms with E-state index in [0.29, 0.717) is 37.9 Å². The van der Waals surface area contributed by atoms with Gasteiger partial charge < -0.3 is 14.4 Å². The molecular weight excluding hydrogens is 404 g/mol. The summed E-state index contributed by atoms with van der Waals surface area (Å²) in [6.45, 7) is 7.53. The summed E-state index contributed by atoms with van der Waals surface area (Å²) in [7, 11) is 0. The monoisotopic (exact) mass is 432 g/mol. The van der Waals surface area contributed by atoms with E-state index in [0.717, 1.165) is 30.3 Å². The third-order valence-corrected chi connectivity index (χ3v) is 5.26. The Morgan fingerprint density at radius 3 is 2.75 bits per heavy atom. The maximum absolute atomic E-state index is 5.87. The molecule has 32 heavy (non-hydrogen) atoms. The molecule has 8 nitrogen and oxygen atoms in total. The van der Waals surface area contributed by atoms with Crippen LogP contribution in [0.2, 0.25) is 0 Å². The molecule has 0 aliphatic carbocycles. The minimum absolute atomic E-state index is 0.331. The second-order valence-corrected chi connectivity index (χ2v) is 7.62. The van der Waals surface area contributed by atoms with E-state index < -0.39 is 0 Å². The number of anilines is 2. The van der Waals surface area contributed by atoms with Gasteiger partial charge in [-0.15, -0.1) is 0 Å². The fourth-order valence-corrected chi connectivity index (χ4v) is 3.29. The molecule has 166 valence electrons. The second-order valence-electron chi connectivity index (χ2n) is 7.62. The molecule has 0 amide bonds. The molecule has 0 bridgehead atoms. The van der Waals surface area contributed by atoms with Crippen molar-refractivity contribution in [3.8, 4) is 6.01 Å². The van der Waals surface area contributed by atoms with Crippen LogP contribution >= 0.6 is 0 Å². The van der Waals surface area contributed by atoms with Crippen LogP contribution in [0.4, 0.5) is 11.5 Å². The molecule has 3 aromatic rings. The van der Waals surface area contributed by atoms with E-state index in [9.17, 15) is 0 Å². The van der Waals surface area contributed by atoms with E-state index >= 15 is 0 Å². The Morgan fingerprint density at radius 1 is 1.09 bits per heavy atom. The van der Waals surface area contributed by atoms with Gasteiger partial charge in [-0.05, 0) is 49.2 Å². The predicted octanol–water partition coefficient (Wildman–Crippen LogP) is 3.39. The number of hydrazone groups is 1. The number of nitrogens with zero attached hydrogens (tertiary/aromatic N) is 5. The number of hydrogen-bond acceptors (Lipinski definition) is 8. The van der Waals surface area contributed by atoms with Gasteiger partial charge in [0, 0.05) is 37.5 Å². The second kappa shape index (κ2) is 10.7. The van der Waals surface area contributed by atoms with Crippen LogP contribution in [0.25, 0.3) is 0 Å². The summed E-state index contributed by atoms with van der Waals surface area (Å²) in [4.78, 5) is 15.6. The van der Waals surface area contributed by atoms with Gasteiger partial charge in [-0.3, -0.25) is 10.4 Å². The summed E-state index contributed by atoms with van der Waals surface area (Å²) in [6, 6.07) is 14.2. The predicted molar refractivity (Wildman–Crippen MR) is 126 cm³/mol. The third kappa shape index (κ3) is 6.01. The van der Waals surface area contributed by atoms with Gasteiger partial charge in [0.15, 0.2) is 0 Å².